The van der Waals surface area contributed by atoms with Crippen LogP contribution in [0.3, 0.4) is 0 Å². The molecule has 23 heavy (non-hydrogen) atoms. The highest BCUT2D eigenvalue weighted by Crippen LogP contribution is 2.03. The van der Waals surface area contributed by atoms with E-state index in [0.717, 1.165) is 5.56 Å². The van der Waals surface area contributed by atoms with Crippen molar-refractivity contribution in [3.8, 4) is 6.07 Å². The summed E-state index contributed by atoms with van der Waals surface area (Å²) < 4.78 is 4.70. The van der Waals surface area contributed by atoms with E-state index in [4.69, 9.17) is 15.7 Å². The van der Waals surface area contributed by atoms with Gasteiger partial charge in [0.2, 0.25) is 5.78 Å². The summed E-state index contributed by atoms with van der Waals surface area (Å²) >= 11 is 0. The summed E-state index contributed by atoms with van der Waals surface area (Å²) in [4.78, 5) is 34.9. The molecule has 1 rings (SSSR count). The fourth-order valence-corrected chi connectivity index (χ4v) is 1.60. The number of nitrogens with one attached hydrogen (secondary N) is 1. The molecular formula is C16H17N3O4. The molecule has 0 unspecified atom stereocenters. The van der Waals surface area contributed by atoms with Gasteiger partial charge in [-0.25, -0.2) is 0 Å². The molecule has 0 aliphatic heterocycles. The maximum atomic E-state index is 11.8. The standard InChI is InChI=1S/C16H17N3O4/c1-10-3-5-12(6-4-10)16(22)19-8-15(21)23-9-14(20)13(7-17)11(2)18/h3-6H,8-9,18H2,1-2H3,(H,19,22). The number of hydrogen-bond donors (Lipinski definition) is 2. The topological polar surface area (TPSA) is 122 Å². The number of carbonyl (C=O) groups excluding carboxylic acids is 3. The fraction of sp³-hybridized carbons (Fsp3) is 0.250. The van der Waals surface area contributed by atoms with Crippen molar-refractivity contribution in [1.82, 2.24) is 5.32 Å². The molecule has 0 saturated carbocycles. The highest BCUT2D eigenvalue weighted by Gasteiger charge is 2.15. The Morgan fingerprint density at radius 1 is 1.26 bits per heavy atom. The van der Waals surface area contributed by atoms with Crippen LogP contribution in [-0.4, -0.2) is 30.8 Å². The number of allylic oxidation sites excluding steroid dienone is 1. The Bertz CT molecular complexity index is 680. The number of aryl methyl sites for hydroxylation is 1. The van der Waals surface area contributed by atoms with Crippen molar-refractivity contribution >= 4 is 17.7 Å². The number of hydrogen-bond acceptors (Lipinski definition) is 6. The van der Waals surface area contributed by atoms with E-state index in [-0.39, 0.29) is 17.8 Å². The molecule has 1 amide bonds. The molecule has 0 atom stereocenters. The lowest BCUT2D eigenvalue weighted by Crippen LogP contribution is -2.31. The highest BCUT2D eigenvalue weighted by atomic mass is 16.5. The first-order valence-electron chi connectivity index (χ1n) is 6.75. The minimum absolute atomic E-state index is 0.0567. The van der Waals surface area contributed by atoms with Crippen LogP contribution in [0, 0.1) is 18.3 Å². The van der Waals surface area contributed by atoms with Crippen molar-refractivity contribution in [2.75, 3.05) is 13.2 Å². The number of nitrogens with zero attached hydrogens (tertiary/aromatic N) is 1. The number of ether oxygens (including phenoxy) is 1. The minimum Gasteiger partial charge on any atom is -0.456 e. The Hall–Kier alpha value is -3.14. The first-order valence-corrected chi connectivity index (χ1v) is 6.75. The zero-order valence-electron chi connectivity index (χ0n) is 12.9. The predicted octanol–water partition coefficient (Wildman–Crippen LogP) is 0.593. The van der Waals surface area contributed by atoms with E-state index < -0.39 is 24.3 Å². The molecule has 3 N–H and O–H groups in total. The summed E-state index contributed by atoms with van der Waals surface area (Å²) in [6.07, 6.45) is 0. The van der Waals surface area contributed by atoms with E-state index in [1.807, 2.05) is 6.92 Å². The van der Waals surface area contributed by atoms with Gasteiger partial charge in [0.15, 0.2) is 6.61 Å². The number of ketones is 1. The zero-order valence-corrected chi connectivity index (χ0v) is 12.9. The lowest BCUT2D eigenvalue weighted by molar-refractivity contribution is -0.145. The van der Waals surface area contributed by atoms with Crippen LogP contribution >= 0.6 is 0 Å². The monoisotopic (exact) mass is 315 g/mol. The van der Waals surface area contributed by atoms with E-state index >= 15 is 0 Å². The van der Waals surface area contributed by atoms with Gasteiger partial charge in [-0.05, 0) is 26.0 Å². The number of benzene rings is 1. The molecule has 1 aromatic carbocycles. The van der Waals surface area contributed by atoms with Crippen LogP contribution in [-0.2, 0) is 14.3 Å². The molecular weight excluding hydrogens is 298 g/mol. The van der Waals surface area contributed by atoms with Crippen molar-refractivity contribution in [3.63, 3.8) is 0 Å². The van der Waals surface area contributed by atoms with Gasteiger partial charge in [0.25, 0.3) is 5.91 Å². The van der Waals surface area contributed by atoms with E-state index in [0.29, 0.717) is 5.56 Å². The lowest BCUT2D eigenvalue weighted by atomic mass is 10.1. The molecule has 0 aliphatic carbocycles. The summed E-state index contributed by atoms with van der Waals surface area (Å²) in [5.41, 5.74) is 6.60. The number of Topliss-reactive ketones (excluding diaryl/α,β-unsaturated/α-hetero) is 1. The molecule has 0 aliphatic rings. The fourth-order valence-electron chi connectivity index (χ4n) is 1.60. The van der Waals surface area contributed by atoms with Gasteiger partial charge in [0, 0.05) is 11.3 Å². The largest absolute Gasteiger partial charge is 0.456 e. The minimum atomic E-state index is -0.786. The second-order valence-corrected chi connectivity index (χ2v) is 4.80. The summed E-state index contributed by atoms with van der Waals surface area (Å²) in [7, 11) is 0. The molecule has 0 heterocycles. The summed E-state index contributed by atoms with van der Waals surface area (Å²) in [5, 5.41) is 11.1. The van der Waals surface area contributed by atoms with Crippen LogP contribution in [0.25, 0.3) is 0 Å². The Morgan fingerprint density at radius 3 is 2.39 bits per heavy atom. The number of rotatable bonds is 6. The molecule has 0 radical (unpaired) electrons. The molecule has 0 saturated heterocycles. The average Bonchev–Trinajstić information content (AvgIpc) is 2.51. The number of nitriles is 1. The Morgan fingerprint density at radius 2 is 1.87 bits per heavy atom. The SMILES string of the molecule is CC(N)=C(C#N)C(=O)COC(=O)CNC(=O)c1ccc(C)cc1. The first kappa shape index (κ1) is 17.9. The van der Waals surface area contributed by atoms with Gasteiger partial charge < -0.3 is 15.8 Å². The van der Waals surface area contributed by atoms with E-state index in [2.05, 4.69) is 5.32 Å². The number of carbonyl (C=O) groups is 3. The number of amides is 1. The molecule has 0 aromatic heterocycles. The van der Waals surface area contributed by atoms with Crippen LogP contribution in [0.2, 0.25) is 0 Å². The van der Waals surface area contributed by atoms with Crippen molar-refractivity contribution in [2.24, 2.45) is 5.73 Å². The van der Waals surface area contributed by atoms with Crippen LogP contribution < -0.4 is 11.1 Å². The highest BCUT2D eigenvalue weighted by molar-refractivity contribution is 6.01. The van der Waals surface area contributed by atoms with Gasteiger partial charge in [-0.3, -0.25) is 14.4 Å². The Kier molecular flexibility index (Phi) is 6.49. The lowest BCUT2D eigenvalue weighted by Gasteiger charge is -2.06. The number of nitrogens with two attached hydrogens (primary N) is 1. The quantitative estimate of drug-likeness (QED) is 0.450. The van der Waals surface area contributed by atoms with Gasteiger partial charge in [-0.1, -0.05) is 17.7 Å². The molecule has 7 nitrogen and oxygen atoms in total. The summed E-state index contributed by atoms with van der Waals surface area (Å²) in [5.74, 6) is -1.90. The smallest absolute Gasteiger partial charge is 0.325 e. The van der Waals surface area contributed by atoms with Gasteiger partial charge in [-0.15, -0.1) is 0 Å². The van der Waals surface area contributed by atoms with Gasteiger partial charge in [0.1, 0.15) is 18.2 Å². The maximum absolute atomic E-state index is 11.8. The molecule has 0 bridgehead atoms. The third-order valence-corrected chi connectivity index (χ3v) is 2.86. The van der Waals surface area contributed by atoms with Crippen molar-refractivity contribution in [1.29, 1.82) is 5.26 Å². The second-order valence-electron chi connectivity index (χ2n) is 4.80. The predicted molar refractivity (Wildman–Crippen MR) is 82.0 cm³/mol. The van der Waals surface area contributed by atoms with Gasteiger partial charge in [0.05, 0.1) is 0 Å². The summed E-state index contributed by atoms with van der Waals surface area (Å²) in [6.45, 7) is 2.31. The Labute approximate surface area is 133 Å². The molecule has 0 fully saturated rings. The third-order valence-electron chi connectivity index (χ3n) is 2.86. The maximum Gasteiger partial charge on any atom is 0.325 e. The van der Waals surface area contributed by atoms with Gasteiger partial charge >= 0.3 is 5.97 Å². The summed E-state index contributed by atoms with van der Waals surface area (Å²) in [6, 6.07) is 8.46. The normalized spacial score (nSPS) is 11.0. The molecule has 7 heteroatoms. The van der Waals surface area contributed by atoms with E-state index in [9.17, 15) is 14.4 Å². The Balaban J connectivity index is 2.45. The van der Waals surface area contributed by atoms with Gasteiger partial charge in [-0.2, -0.15) is 5.26 Å². The van der Waals surface area contributed by atoms with Crippen molar-refractivity contribution in [2.45, 2.75) is 13.8 Å². The third kappa shape index (κ3) is 5.63. The molecule has 0 spiro atoms. The zero-order chi connectivity index (χ0) is 17.4. The van der Waals surface area contributed by atoms with E-state index in [1.54, 1.807) is 30.3 Å². The average molecular weight is 315 g/mol. The van der Waals surface area contributed by atoms with Crippen molar-refractivity contribution < 1.29 is 19.1 Å². The molecule has 120 valence electrons. The van der Waals surface area contributed by atoms with Crippen LogP contribution in [0.5, 0.6) is 0 Å². The first-order chi connectivity index (χ1) is 10.8. The van der Waals surface area contributed by atoms with Crippen LogP contribution in [0.4, 0.5) is 0 Å². The van der Waals surface area contributed by atoms with E-state index in [1.165, 1.54) is 6.92 Å². The van der Waals surface area contributed by atoms with Crippen LogP contribution in [0.15, 0.2) is 35.5 Å². The number of esters is 1. The molecule has 1 aromatic rings. The van der Waals surface area contributed by atoms with Crippen molar-refractivity contribution in [3.05, 3.63) is 46.7 Å². The second kappa shape index (κ2) is 8.34. The van der Waals surface area contributed by atoms with Crippen LogP contribution in [0.1, 0.15) is 22.8 Å².